The van der Waals surface area contributed by atoms with Gasteiger partial charge in [-0.3, -0.25) is 9.59 Å². The molecular weight excluding hydrogens is 342 g/mol. The fourth-order valence-corrected chi connectivity index (χ4v) is 4.31. The highest BCUT2D eigenvalue weighted by Gasteiger charge is 2.58. The number of hydrogen-bond acceptors (Lipinski definition) is 5. The van der Waals surface area contributed by atoms with Gasteiger partial charge in [0, 0.05) is 43.2 Å². The molecule has 1 saturated carbocycles. The van der Waals surface area contributed by atoms with Gasteiger partial charge < -0.3 is 9.80 Å². The van der Waals surface area contributed by atoms with E-state index in [4.69, 9.17) is 0 Å². The van der Waals surface area contributed by atoms with Crippen molar-refractivity contribution in [3.63, 3.8) is 0 Å². The molecular formula is C20H19N5O2. The molecule has 3 aliphatic rings. The molecule has 0 atom stereocenters. The van der Waals surface area contributed by atoms with E-state index in [0.717, 1.165) is 11.8 Å². The fourth-order valence-electron chi connectivity index (χ4n) is 4.31. The summed E-state index contributed by atoms with van der Waals surface area (Å²) in [6, 6.07) is 9.55. The summed E-state index contributed by atoms with van der Waals surface area (Å²) >= 11 is 0. The molecule has 7 nitrogen and oxygen atoms in total. The van der Waals surface area contributed by atoms with Crippen molar-refractivity contribution >= 4 is 22.8 Å². The number of hydrogen-bond donors (Lipinski definition) is 0. The van der Waals surface area contributed by atoms with Crippen molar-refractivity contribution in [2.24, 2.45) is 10.8 Å². The maximum Gasteiger partial charge on any atom is 0.272 e. The third-order valence-corrected chi connectivity index (χ3v) is 6.12. The Balaban J connectivity index is 1.26. The molecule has 0 unspecified atom stereocenters. The zero-order valence-electron chi connectivity index (χ0n) is 14.9. The maximum absolute atomic E-state index is 12.9. The summed E-state index contributed by atoms with van der Waals surface area (Å²) < 4.78 is 0. The first-order chi connectivity index (χ1) is 13.0. The average molecular weight is 361 g/mol. The Hall–Kier alpha value is -3.01. The second-order valence-electron chi connectivity index (χ2n) is 8.08. The molecule has 7 heteroatoms. The average Bonchev–Trinajstić information content (AvgIpc) is 3.36. The number of pyridine rings is 2. The van der Waals surface area contributed by atoms with Gasteiger partial charge in [-0.2, -0.15) is 5.26 Å². The largest absolute Gasteiger partial charge is 0.340 e. The van der Waals surface area contributed by atoms with Crippen LogP contribution in [0.25, 0.3) is 11.0 Å². The van der Waals surface area contributed by atoms with Crippen molar-refractivity contribution in [1.82, 2.24) is 19.8 Å². The van der Waals surface area contributed by atoms with Gasteiger partial charge in [0.2, 0.25) is 5.91 Å². The van der Waals surface area contributed by atoms with Crippen molar-refractivity contribution in [3.8, 4) is 6.07 Å². The van der Waals surface area contributed by atoms with E-state index in [1.165, 1.54) is 0 Å². The number of carbonyl (C=O) groups excluding carboxylic acids is 2. The maximum atomic E-state index is 12.9. The summed E-state index contributed by atoms with van der Waals surface area (Å²) in [5.41, 5.74) is 0.208. The molecule has 1 aliphatic carbocycles. The Bertz CT molecular complexity index is 1000. The lowest BCUT2D eigenvalue weighted by atomic mass is 9.78. The Morgan fingerprint density at radius 3 is 2.59 bits per heavy atom. The van der Waals surface area contributed by atoms with E-state index < -0.39 is 5.41 Å². The highest BCUT2D eigenvalue weighted by atomic mass is 16.2. The van der Waals surface area contributed by atoms with Gasteiger partial charge in [0.05, 0.1) is 6.07 Å². The molecule has 0 aromatic carbocycles. The van der Waals surface area contributed by atoms with E-state index >= 15 is 0 Å². The summed E-state index contributed by atoms with van der Waals surface area (Å²) in [5, 5.41) is 10.1. The molecule has 2 aromatic rings. The van der Waals surface area contributed by atoms with Crippen LogP contribution >= 0.6 is 0 Å². The molecule has 5 rings (SSSR count). The number of aromatic nitrogens is 2. The van der Waals surface area contributed by atoms with Crippen molar-refractivity contribution in [2.75, 3.05) is 26.2 Å². The molecule has 0 radical (unpaired) electrons. The van der Waals surface area contributed by atoms with Gasteiger partial charge >= 0.3 is 0 Å². The molecule has 27 heavy (non-hydrogen) atoms. The van der Waals surface area contributed by atoms with Gasteiger partial charge in [-0.1, -0.05) is 0 Å². The standard InChI is InChI=1S/C20H19N5O2/c21-10-20(5-6-20)18(27)25-12-19(13-25)7-9-24(11-19)17(26)15-4-3-14-2-1-8-22-16(14)23-15/h1-4,8H,5-7,9,11-13H2. The molecule has 136 valence electrons. The molecule has 1 spiro atoms. The lowest BCUT2D eigenvalue weighted by Gasteiger charge is -2.48. The normalized spacial score (nSPS) is 21.7. The number of likely N-dealkylation sites (tertiary alicyclic amines) is 2. The molecule has 4 heterocycles. The Labute approximate surface area is 156 Å². The first-order valence-corrected chi connectivity index (χ1v) is 9.26. The SMILES string of the molecule is N#CC1(C(=O)N2CC3(CCN(C(=O)c4ccc5cccnc5n4)C3)C2)CC1. The molecule has 2 saturated heterocycles. The van der Waals surface area contributed by atoms with Crippen LogP contribution in [-0.4, -0.2) is 57.8 Å². The minimum absolute atomic E-state index is 0.0219. The van der Waals surface area contributed by atoms with Gasteiger partial charge in [0.1, 0.15) is 11.1 Å². The molecule has 2 aromatic heterocycles. The van der Waals surface area contributed by atoms with Gasteiger partial charge in [-0.15, -0.1) is 0 Å². The number of amides is 2. The topological polar surface area (TPSA) is 90.2 Å². The fraction of sp³-hybridized carbons (Fsp3) is 0.450. The Morgan fingerprint density at radius 1 is 1.07 bits per heavy atom. The van der Waals surface area contributed by atoms with E-state index in [2.05, 4.69) is 16.0 Å². The van der Waals surface area contributed by atoms with Crippen LogP contribution in [0.4, 0.5) is 0 Å². The van der Waals surface area contributed by atoms with E-state index in [1.807, 2.05) is 23.1 Å². The molecule has 0 N–H and O–H groups in total. The summed E-state index contributed by atoms with van der Waals surface area (Å²) in [6.07, 6.45) is 3.91. The van der Waals surface area contributed by atoms with Gasteiger partial charge in [-0.05, 0) is 43.5 Å². The van der Waals surface area contributed by atoms with Crippen LogP contribution in [0.15, 0.2) is 30.5 Å². The third kappa shape index (κ3) is 2.47. The van der Waals surface area contributed by atoms with Crippen molar-refractivity contribution in [2.45, 2.75) is 19.3 Å². The summed E-state index contributed by atoms with van der Waals surface area (Å²) in [4.78, 5) is 37.6. The van der Waals surface area contributed by atoms with Crippen molar-refractivity contribution in [3.05, 3.63) is 36.2 Å². The van der Waals surface area contributed by atoms with E-state index in [0.29, 0.717) is 50.4 Å². The second-order valence-corrected chi connectivity index (χ2v) is 8.08. The zero-order chi connectivity index (χ0) is 18.6. The monoisotopic (exact) mass is 361 g/mol. The predicted octanol–water partition coefficient (Wildman–Crippen LogP) is 1.61. The lowest BCUT2D eigenvalue weighted by Crippen LogP contribution is -2.61. The summed E-state index contributed by atoms with van der Waals surface area (Å²) in [6.45, 7) is 2.60. The van der Waals surface area contributed by atoms with Crippen LogP contribution in [0.2, 0.25) is 0 Å². The highest BCUT2D eigenvalue weighted by Crippen LogP contribution is 2.50. The van der Waals surface area contributed by atoms with Crippen LogP contribution in [0.3, 0.4) is 0 Å². The molecule has 3 fully saturated rings. The second kappa shape index (κ2) is 5.49. The van der Waals surface area contributed by atoms with Crippen molar-refractivity contribution < 1.29 is 9.59 Å². The highest BCUT2D eigenvalue weighted by molar-refractivity contribution is 5.94. The van der Waals surface area contributed by atoms with E-state index in [-0.39, 0.29) is 17.2 Å². The smallest absolute Gasteiger partial charge is 0.272 e. The van der Waals surface area contributed by atoms with Gasteiger partial charge in [0.25, 0.3) is 5.91 Å². The first-order valence-electron chi connectivity index (χ1n) is 9.26. The Morgan fingerprint density at radius 2 is 1.85 bits per heavy atom. The van der Waals surface area contributed by atoms with Crippen LogP contribution in [-0.2, 0) is 4.79 Å². The van der Waals surface area contributed by atoms with Crippen LogP contribution in [0, 0.1) is 22.2 Å². The minimum Gasteiger partial charge on any atom is -0.340 e. The lowest BCUT2D eigenvalue weighted by molar-refractivity contribution is -0.146. The zero-order valence-corrected chi connectivity index (χ0v) is 14.9. The number of nitrogens with zero attached hydrogens (tertiary/aromatic N) is 5. The van der Waals surface area contributed by atoms with Gasteiger partial charge in [-0.25, -0.2) is 9.97 Å². The van der Waals surface area contributed by atoms with Crippen LogP contribution in [0.1, 0.15) is 29.8 Å². The Kier molecular flexibility index (Phi) is 3.29. The minimum atomic E-state index is -0.752. The number of fused-ring (bicyclic) bond motifs is 1. The van der Waals surface area contributed by atoms with Crippen molar-refractivity contribution in [1.29, 1.82) is 5.26 Å². The molecule has 2 aliphatic heterocycles. The predicted molar refractivity (Wildman–Crippen MR) is 96.4 cm³/mol. The molecule has 2 amide bonds. The number of carbonyl (C=O) groups is 2. The van der Waals surface area contributed by atoms with E-state index in [9.17, 15) is 14.9 Å². The first kappa shape index (κ1) is 16.2. The molecule has 0 bridgehead atoms. The van der Waals surface area contributed by atoms with Gasteiger partial charge in [0.15, 0.2) is 5.65 Å². The van der Waals surface area contributed by atoms with Crippen LogP contribution < -0.4 is 0 Å². The summed E-state index contributed by atoms with van der Waals surface area (Å²) in [5.74, 6) is -0.109. The summed E-state index contributed by atoms with van der Waals surface area (Å²) in [7, 11) is 0. The number of rotatable bonds is 2. The van der Waals surface area contributed by atoms with Crippen LogP contribution in [0.5, 0.6) is 0 Å². The quantitative estimate of drug-likeness (QED) is 0.810. The third-order valence-electron chi connectivity index (χ3n) is 6.12. The number of nitriles is 1. The van der Waals surface area contributed by atoms with E-state index in [1.54, 1.807) is 17.2 Å².